The highest BCUT2D eigenvalue weighted by Crippen LogP contribution is 2.27. The average molecular weight is 293 g/mol. The van der Waals surface area contributed by atoms with E-state index in [-0.39, 0.29) is 18.1 Å². The lowest BCUT2D eigenvalue weighted by Gasteiger charge is -2.31. The second-order valence-electron chi connectivity index (χ2n) is 6.08. The van der Waals surface area contributed by atoms with Gasteiger partial charge in [-0.25, -0.2) is 9.18 Å². The lowest BCUT2D eigenvalue weighted by atomic mass is 9.98. The molecule has 4 nitrogen and oxygen atoms in total. The van der Waals surface area contributed by atoms with Crippen LogP contribution in [0.3, 0.4) is 0 Å². The Labute approximate surface area is 123 Å². The number of ether oxygens (including phenoxy) is 1. The molecule has 0 unspecified atom stereocenters. The summed E-state index contributed by atoms with van der Waals surface area (Å²) >= 11 is 0. The van der Waals surface area contributed by atoms with Crippen LogP contribution in [0.1, 0.15) is 32.8 Å². The second-order valence-corrected chi connectivity index (χ2v) is 6.08. The van der Waals surface area contributed by atoms with E-state index in [4.69, 9.17) is 4.74 Å². The highest BCUT2D eigenvalue weighted by atomic mass is 19.1. The summed E-state index contributed by atoms with van der Waals surface area (Å²) in [5.41, 5.74) is 0.959. The van der Waals surface area contributed by atoms with Gasteiger partial charge in [0.2, 0.25) is 0 Å². The summed E-state index contributed by atoms with van der Waals surface area (Å²) in [4.78, 5) is 13.4. The maximum Gasteiger partial charge on any atom is 0.410 e. The molecule has 1 heterocycles. The van der Waals surface area contributed by atoms with Crippen LogP contribution in [-0.2, 0) is 4.74 Å². The standard InChI is InChI=1S/C16H20FNO3/c1-16(2,3)21-15(20)18-9-8-13(14(19)10-18)11-4-6-12(17)7-5-11/h4-7,19H,8-10H2,1-3H3. The van der Waals surface area contributed by atoms with Crippen molar-refractivity contribution >= 4 is 11.7 Å². The lowest BCUT2D eigenvalue weighted by Crippen LogP contribution is -2.40. The van der Waals surface area contributed by atoms with E-state index in [0.717, 1.165) is 11.1 Å². The summed E-state index contributed by atoms with van der Waals surface area (Å²) in [5.74, 6) is -0.191. The molecule has 1 N–H and O–H groups in total. The molecule has 0 radical (unpaired) electrons. The van der Waals surface area contributed by atoms with Crippen molar-refractivity contribution in [2.24, 2.45) is 0 Å². The molecule has 0 fully saturated rings. The predicted octanol–water partition coefficient (Wildman–Crippen LogP) is 3.74. The summed E-state index contributed by atoms with van der Waals surface area (Å²) in [5, 5.41) is 10.1. The molecule has 0 bridgehead atoms. The van der Waals surface area contributed by atoms with E-state index in [1.54, 1.807) is 32.9 Å². The van der Waals surface area contributed by atoms with Crippen LogP contribution >= 0.6 is 0 Å². The van der Waals surface area contributed by atoms with Gasteiger partial charge in [0.25, 0.3) is 0 Å². The van der Waals surface area contributed by atoms with Crippen molar-refractivity contribution in [2.75, 3.05) is 13.1 Å². The number of hydrogen-bond acceptors (Lipinski definition) is 3. The van der Waals surface area contributed by atoms with Crippen molar-refractivity contribution in [3.63, 3.8) is 0 Å². The van der Waals surface area contributed by atoms with Gasteiger partial charge < -0.3 is 14.7 Å². The van der Waals surface area contributed by atoms with Gasteiger partial charge in [0.1, 0.15) is 17.2 Å². The van der Waals surface area contributed by atoms with Crippen LogP contribution in [0, 0.1) is 5.82 Å². The van der Waals surface area contributed by atoms with Gasteiger partial charge in [-0.15, -0.1) is 0 Å². The van der Waals surface area contributed by atoms with E-state index < -0.39 is 11.7 Å². The Hall–Kier alpha value is -2.04. The second kappa shape index (κ2) is 5.76. The summed E-state index contributed by atoms with van der Waals surface area (Å²) < 4.78 is 18.2. The van der Waals surface area contributed by atoms with Crippen molar-refractivity contribution in [3.8, 4) is 0 Å². The van der Waals surface area contributed by atoms with Gasteiger partial charge in [-0.1, -0.05) is 12.1 Å². The SMILES string of the molecule is CC(C)(C)OC(=O)N1CCC(c2ccc(F)cc2)=C(O)C1. The van der Waals surface area contributed by atoms with E-state index in [1.807, 2.05) is 0 Å². The largest absolute Gasteiger partial charge is 0.510 e. The molecule has 2 rings (SSSR count). The number of halogens is 1. The maximum atomic E-state index is 12.9. The summed E-state index contributed by atoms with van der Waals surface area (Å²) in [6, 6.07) is 5.97. The first kappa shape index (κ1) is 15.4. The lowest BCUT2D eigenvalue weighted by molar-refractivity contribution is 0.0243. The number of rotatable bonds is 1. The quantitative estimate of drug-likeness (QED) is 0.858. The molecule has 0 aromatic heterocycles. The van der Waals surface area contributed by atoms with Gasteiger partial charge in [0.05, 0.1) is 6.54 Å². The molecule has 0 aliphatic carbocycles. The molecule has 114 valence electrons. The molecule has 21 heavy (non-hydrogen) atoms. The first-order valence-corrected chi connectivity index (χ1v) is 6.91. The van der Waals surface area contributed by atoms with Gasteiger partial charge in [0, 0.05) is 12.1 Å². The maximum absolute atomic E-state index is 12.9. The summed E-state index contributed by atoms with van der Waals surface area (Å²) in [6.07, 6.45) is 0.0729. The van der Waals surface area contributed by atoms with Gasteiger partial charge in [-0.3, -0.25) is 0 Å². The molecule has 5 heteroatoms. The third-order valence-corrected chi connectivity index (χ3v) is 3.17. The molecule has 0 saturated carbocycles. The zero-order valence-corrected chi connectivity index (χ0v) is 12.5. The number of nitrogens with zero attached hydrogens (tertiary/aromatic N) is 1. The molecular formula is C16H20FNO3. The Morgan fingerprint density at radius 3 is 2.43 bits per heavy atom. The fourth-order valence-electron chi connectivity index (χ4n) is 2.19. The van der Waals surface area contributed by atoms with Crippen LogP contribution in [0.2, 0.25) is 0 Å². The molecule has 0 saturated heterocycles. The summed E-state index contributed by atoms with van der Waals surface area (Å²) in [6.45, 7) is 5.98. The molecule has 1 aliphatic rings. The molecule has 1 amide bonds. The Balaban J connectivity index is 2.11. The minimum Gasteiger partial charge on any atom is -0.510 e. The first-order valence-electron chi connectivity index (χ1n) is 6.91. The third kappa shape index (κ3) is 3.97. The number of carbonyl (C=O) groups excluding carboxylic acids is 1. The topological polar surface area (TPSA) is 49.8 Å². The highest BCUT2D eigenvalue weighted by Gasteiger charge is 2.27. The van der Waals surface area contributed by atoms with E-state index >= 15 is 0 Å². The summed E-state index contributed by atoms with van der Waals surface area (Å²) in [7, 11) is 0. The van der Waals surface area contributed by atoms with E-state index in [1.165, 1.54) is 17.0 Å². The zero-order valence-electron chi connectivity index (χ0n) is 12.5. The Morgan fingerprint density at radius 2 is 1.90 bits per heavy atom. The fourth-order valence-corrected chi connectivity index (χ4v) is 2.19. The van der Waals surface area contributed by atoms with E-state index in [2.05, 4.69) is 0 Å². The first-order chi connectivity index (χ1) is 9.76. The van der Waals surface area contributed by atoms with Gasteiger partial charge >= 0.3 is 6.09 Å². The van der Waals surface area contributed by atoms with Crippen LogP contribution in [0.5, 0.6) is 0 Å². The van der Waals surface area contributed by atoms with Gasteiger partial charge in [-0.05, 0) is 44.9 Å². The number of amides is 1. The third-order valence-electron chi connectivity index (χ3n) is 3.17. The number of aliphatic hydroxyl groups excluding tert-OH is 1. The van der Waals surface area contributed by atoms with Gasteiger partial charge in [0.15, 0.2) is 0 Å². The van der Waals surface area contributed by atoms with Crippen LogP contribution in [0.15, 0.2) is 30.0 Å². The van der Waals surface area contributed by atoms with Crippen LogP contribution in [-0.4, -0.2) is 34.8 Å². The minimum atomic E-state index is -0.562. The van der Waals surface area contributed by atoms with E-state index in [9.17, 15) is 14.3 Å². The van der Waals surface area contributed by atoms with Gasteiger partial charge in [-0.2, -0.15) is 0 Å². The fraction of sp³-hybridized carbons (Fsp3) is 0.438. The number of carbonyl (C=O) groups is 1. The van der Waals surface area contributed by atoms with Crippen LogP contribution in [0.4, 0.5) is 9.18 Å². The van der Waals surface area contributed by atoms with Crippen molar-refractivity contribution in [1.29, 1.82) is 0 Å². The normalized spacial score (nSPS) is 16.1. The van der Waals surface area contributed by atoms with Crippen molar-refractivity contribution < 1.29 is 19.0 Å². The van der Waals surface area contributed by atoms with Crippen molar-refractivity contribution in [3.05, 3.63) is 41.4 Å². The molecule has 0 atom stereocenters. The van der Waals surface area contributed by atoms with E-state index in [0.29, 0.717) is 13.0 Å². The molecule has 1 aromatic carbocycles. The number of aliphatic hydroxyl groups is 1. The molecule has 0 spiro atoms. The van der Waals surface area contributed by atoms with Crippen LogP contribution < -0.4 is 0 Å². The average Bonchev–Trinajstić information content (AvgIpc) is 2.38. The van der Waals surface area contributed by atoms with Crippen LogP contribution in [0.25, 0.3) is 5.57 Å². The molecular weight excluding hydrogens is 273 g/mol. The predicted molar refractivity (Wildman–Crippen MR) is 78.4 cm³/mol. The minimum absolute atomic E-state index is 0.113. The Bertz CT molecular complexity index is 558. The Kier molecular flexibility index (Phi) is 4.21. The van der Waals surface area contributed by atoms with Crippen molar-refractivity contribution in [1.82, 2.24) is 4.90 Å². The zero-order chi connectivity index (χ0) is 15.6. The monoisotopic (exact) mass is 293 g/mol. The Morgan fingerprint density at radius 1 is 1.29 bits per heavy atom. The molecule has 1 aromatic rings. The number of hydrogen-bond donors (Lipinski definition) is 1. The molecule has 1 aliphatic heterocycles. The highest BCUT2D eigenvalue weighted by molar-refractivity contribution is 5.73. The van der Waals surface area contributed by atoms with Crippen molar-refractivity contribution in [2.45, 2.75) is 32.8 Å². The smallest absolute Gasteiger partial charge is 0.410 e. The number of benzene rings is 1.